The average Bonchev–Trinajstić information content (AvgIpc) is 3.41. The molecular formula is C33H30BrN3O4. The number of hydrogen-bond acceptors (Lipinski definition) is 6. The summed E-state index contributed by atoms with van der Waals surface area (Å²) in [7, 11) is 0. The number of alkyl halides is 1. The van der Waals surface area contributed by atoms with Crippen LogP contribution in [0.5, 0.6) is 5.75 Å². The molecule has 2 aliphatic rings. The maximum atomic E-state index is 11.5. The second-order valence-corrected chi connectivity index (χ2v) is 11.5. The molecule has 6 rings (SSSR count). The van der Waals surface area contributed by atoms with Crippen LogP contribution in [0.15, 0.2) is 83.9 Å². The van der Waals surface area contributed by atoms with Crippen LogP contribution in [0.3, 0.4) is 0 Å². The summed E-state index contributed by atoms with van der Waals surface area (Å²) in [5.41, 5.74) is 5.75. The van der Waals surface area contributed by atoms with Gasteiger partial charge >= 0.3 is 0 Å². The second kappa shape index (κ2) is 13.1. The van der Waals surface area contributed by atoms with E-state index in [1.165, 1.54) is 5.56 Å². The highest BCUT2D eigenvalue weighted by atomic mass is 79.9. The number of aliphatic imine (C=N–C) groups is 1. The summed E-state index contributed by atoms with van der Waals surface area (Å²) in [6.07, 6.45) is 3.55. The van der Waals surface area contributed by atoms with Gasteiger partial charge in [0.15, 0.2) is 6.29 Å². The number of Topliss-reactive ketones (excluding diaryl/α,β-unsaturated/α-hetero) is 1. The third-order valence-corrected chi connectivity index (χ3v) is 7.88. The molecule has 3 atom stereocenters. The number of nitrogens with one attached hydrogen (secondary N) is 1. The molecule has 3 heterocycles. The SMILES string of the molecule is CC(Br)c1ccc(COc2cccc3c2C=NC3=O)cc1.O=CC(=O)C1CCC(c2ccc3ccccc3n2)CN1. The molecule has 0 spiro atoms. The van der Waals surface area contributed by atoms with E-state index in [2.05, 4.69) is 69.6 Å². The van der Waals surface area contributed by atoms with E-state index in [-0.39, 0.29) is 17.7 Å². The number of hydrogen-bond donors (Lipinski definition) is 1. The number of ketones is 1. The van der Waals surface area contributed by atoms with Gasteiger partial charge in [-0.15, -0.1) is 0 Å². The van der Waals surface area contributed by atoms with E-state index in [9.17, 15) is 14.4 Å². The van der Waals surface area contributed by atoms with Crippen LogP contribution in [-0.2, 0) is 16.2 Å². The Balaban J connectivity index is 0.000000165. The van der Waals surface area contributed by atoms with Crippen LogP contribution < -0.4 is 10.1 Å². The van der Waals surface area contributed by atoms with E-state index in [1.54, 1.807) is 12.3 Å². The Hall–Kier alpha value is -4.01. The van der Waals surface area contributed by atoms with Crippen molar-refractivity contribution < 1.29 is 19.1 Å². The Morgan fingerprint density at radius 2 is 1.85 bits per heavy atom. The number of rotatable bonds is 7. The molecule has 3 aromatic carbocycles. The lowest BCUT2D eigenvalue weighted by Crippen LogP contribution is -2.43. The summed E-state index contributed by atoms with van der Waals surface area (Å²) < 4.78 is 5.83. The Morgan fingerprint density at radius 1 is 1.05 bits per heavy atom. The zero-order valence-corrected chi connectivity index (χ0v) is 24.2. The molecule has 1 saturated heterocycles. The molecule has 208 valence electrons. The molecule has 2 aliphatic heterocycles. The van der Waals surface area contributed by atoms with Crippen LogP contribution in [-0.4, -0.2) is 41.8 Å². The van der Waals surface area contributed by atoms with E-state index in [4.69, 9.17) is 9.72 Å². The Morgan fingerprint density at radius 3 is 2.59 bits per heavy atom. The van der Waals surface area contributed by atoms with Gasteiger partial charge in [0.2, 0.25) is 5.78 Å². The smallest absolute Gasteiger partial charge is 0.277 e. The monoisotopic (exact) mass is 611 g/mol. The summed E-state index contributed by atoms with van der Waals surface area (Å²) in [5, 5.41) is 4.28. The van der Waals surface area contributed by atoms with Gasteiger partial charge in [0.05, 0.1) is 17.1 Å². The number of ether oxygens (including phenoxy) is 1. The molecule has 1 N–H and O–H groups in total. The van der Waals surface area contributed by atoms with Crippen molar-refractivity contribution in [1.82, 2.24) is 10.3 Å². The van der Waals surface area contributed by atoms with Gasteiger partial charge in [-0.25, -0.2) is 4.99 Å². The van der Waals surface area contributed by atoms with Crippen LogP contribution in [0.1, 0.15) is 63.3 Å². The highest BCUT2D eigenvalue weighted by molar-refractivity contribution is 9.09. The number of fused-ring (bicyclic) bond motifs is 2. The van der Waals surface area contributed by atoms with Gasteiger partial charge in [-0.3, -0.25) is 19.4 Å². The normalized spacial score (nSPS) is 18.2. The van der Waals surface area contributed by atoms with Gasteiger partial charge in [0, 0.05) is 40.1 Å². The van der Waals surface area contributed by atoms with Crippen LogP contribution in [0.2, 0.25) is 0 Å². The molecule has 0 aliphatic carbocycles. The number of halogens is 1. The lowest BCUT2D eigenvalue weighted by Gasteiger charge is -2.27. The third kappa shape index (κ3) is 6.84. The minimum absolute atomic E-state index is 0.203. The number of nitrogens with zero attached hydrogens (tertiary/aromatic N) is 2. The molecule has 3 unspecified atom stereocenters. The van der Waals surface area contributed by atoms with Gasteiger partial charge in [-0.2, -0.15) is 0 Å². The van der Waals surface area contributed by atoms with Crippen molar-refractivity contribution in [1.29, 1.82) is 0 Å². The van der Waals surface area contributed by atoms with Gasteiger partial charge in [0.25, 0.3) is 5.91 Å². The third-order valence-electron chi connectivity index (χ3n) is 7.35. The highest BCUT2D eigenvalue weighted by Crippen LogP contribution is 2.27. The molecule has 0 saturated carbocycles. The predicted molar refractivity (Wildman–Crippen MR) is 163 cm³/mol. The molecule has 0 bridgehead atoms. The molecule has 41 heavy (non-hydrogen) atoms. The number of benzene rings is 3. The number of para-hydroxylation sites is 1. The number of aromatic nitrogens is 1. The zero-order chi connectivity index (χ0) is 28.8. The number of carbonyl (C=O) groups is 3. The molecule has 7 nitrogen and oxygen atoms in total. The Labute approximate surface area is 247 Å². The van der Waals surface area contributed by atoms with E-state index in [0.717, 1.165) is 34.1 Å². The maximum Gasteiger partial charge on any atom is 0.277 e. The molecular weight excluding hydrogens is 582 g/mol. The Bertz CT molecular complexity index is 1590. The number of aldehydes is 1. The zero-order valence-electron chi connectivity index (χ0n) is 22.6. The summed E-state index contributed by atoms with van der Waals surface area (Å²) >= 11 is 3.54. The molecule has 8 heteroatoms. The first-order valence-electron chi connectivity index (χ1n) is 13.6. The number of carbonyl (C=O) groups excluding carboxylic acids is 3. The second-order valence-electron chi connectivity index (χ2n) is 10.1. The molecule has 1 fully saturated rings. The first kappa shape index (κ1) is 28.5. The fraction of sp³-hybridized carbons (Fsp3) is 0.242. The molecule has 4 aromatic rings. The van der Waals surface area contributed by atoms with Gasteiger partial charge < -0.3 is 10.1 Å². The van der Waals surface area contributed by atoms with Crippen LogP contribution in [0.4, 0.5) is 0 Å². The highest BCUT2D eigenvalue weighted by Gasteiger charge is 2.26. The standard InChI is InChI=1S/C17H14BrNO2.C16H16N2O2/c1-11(18)13-7-5-12(6-8-13)10-21-16-4-2-3-14-15(16)9-19-17(14)20;19-10-16(20)15-8-6-12(9-17-15)14-7-5-11-3-1-2-4-13(11)18-14/h2-9,11H,10H2,1H3;1-5,7,10,12,15,17H,6,8-9H2. The quantitative estimate of drug-likeness (QED) is 0.153. The molecule has 0 radical (unpaired) electrons. The van der Waals surface area contributed by atoms with Crippen molar-refractivity contribution in [3.8, 4) is 5.75 Å². The number of piperidine rings is 1. The van der Waals surface area contributed by atoms with Crippen molar-refractivity contribution in [3.63, 3.8) is 0 Å². The minimum Gasteiger partial charge on any atom is -0.488 e. The van der Waals surface area contributed by atoms with E-state index in [0.29, 0.717) is 47.9 Å². The molecule has 1 amide bonds. The summed E-state index contributed by atoms with van der Waals surface area (Å²) in [4.78, 5) is 42.2. The van der Waals surface area contributed by atoms with E-state index < -0.39 is 0 Å². The van der Waals surface area contributed by atoms with Crippen LogP contribution >= 0.6 is 15.9 Å². The van der Waals surface area contributed by atoms with Crippen molar-refractivity contribution in [2.45, 2.75) is 43.2 Å². The Kier molecular flexibility index (Phi) is 9.11. The first-order chi connectivity index (χ1) is 19.9. The number of pyridine rings is 1. The topological polar surface area (TPSA) is 97.7 Å². The summed E-state index contributed by atoms with van der Waals surface area (Å²) in [5.74, 6) is 0.441. The van der Waals surface area contributed by atoms with Crippen LogP contribution in [0, 0.1) is 0 Å². The lowest BCUT2D eigenvalue weighted by molar-refractivity contribution is -0.131. The first-order valence-corrected chi connectivity index (χ1v) is 14.5. The van der Waals surface area contributed by atoms with E-state index >= 15 is 0 Å². The van der Waals surface area contributed by atoms with Crippen molar-refractivity contribution >= 4 is 51.0 Å². The van der Waals surface area contributed by atoms with Crippen LogP contribution in [0.25, 0.3) is 10.9 Å². The largest absolute Gasteiger partial charge is 0.488 e. The van der Waals surface area contributed by atoms with Crippen molar-refractivity contribution in [2.75, 3.05) is 6.54 Å². The van der Waals surface area contributed by atoms with E-state index in [1.807, 2.05) is 36.4 Å². The fourth-order valence-corrected chi connectivity index (χ4v) is 5.27. The average molecular weight is 613 g/mol. The molecule has 1 aromatic heterocycles. The lowest BCUT2D eigenvalue weighted by atomic mass is 9.90. The summed E-state index contributed by atoms with van der Waals surface area (Å²) in [6, 6.07) is 25.6. The number of amides is 1. The van der Waals surface area contributed by atoms with Crippen molar-refractivity contribution in [3.05, 3.63) is 107 Å². The predicted octanol–water partition coefficient (Wildman–Crippen LogP) is 6.13. The van der Waals surface area contributed by atoms with Gasteiger partial charge in [-0.05, 0) is 55.2 Å². The van der Waals surface area contributed by atoms with Gasteiger partial charge in [-0.1, -0.05) is 70.5 Å². The van der Waals surface area contributed by atoms with Gasteiger partial charge in [0.1, 0.15) is 12.4 Å². The minimum atomic E-state index is -0.352. The maximum absolute atomic E-state index is 11.5. The fourth-order valence-electron chi connectivity index (χ4n) is 4.97. The van der Waals surface area contributed by atoms with Crippen molar-refractivity contribution in [2.24, 2.45) is 4.99 Å². The summed E-state index contributed by atoms with van der Waals surface area (Å²) in [6.45, 7) is 3.25.